The molecule has 3 nitrogen and oxygen atoms in total. The molecule has 0 spiro atoms. The van der Waals surface area contributed by atoms with Gasteiger partial charge in [0.05, 0.1) is 0 Å². The summed E-state index contributed by atoms with van der Waals surface area (Å²) in [7, 11) is 0. The summed E-state index contributed by atoms with van der Waals surface area (Å²) >= 11 is 0. The van der Waals surface area contributed by atoms with Crippen LogP contribution in [-0.2, 0) is 0 Å². The molecule has 96 valence electrons. The van der Waals surface area contributed by atoms with Crippen molar-refractivity contribution in [1.29, 1.82) is 0 Å². The second-order valence-corrected chi connectivity index (χ2v) is 4.18. The van der Waals surface area contributed by atoms with E-state index in [0.717, 1.165) is 16.8 Å². The van der Waals surface area contributed by atoms with Gasteiger partial charge in [0.1, 0.15) is 0 Å². The van der Waals surface area contributed by atoms with Crippen LogP contribution in [0.5, 0.6) is 0 Å². The van der Waals surface area contributed by atoms with E-state index in [0.29, 0.717) is 13.1 Å². The van der Waals surface area contributed by atoms with Crippen LogP contribution in [0.15, 0.2) is 43.5 Å². The average Bonchev–Trinajstić information content (AvgIpc) is 2.33. The summed E-state index contributed by atoms with van der Waals surface area (Å²) in [5.41, 5.74) is 2.99. The van der Waals surface area contributed by atoms with Crippen molar-refractivity contribution in [3.05, 3.63) is 54.6 Å². The van der Waals surface area contributed by atoms with Crippen LogP contribution in [-0.4, -0.2) is 24.0 Å². The molecule has 1 N–H and O–H groups in total. The van der Waals surface area contributed by atoms with Crippen LogP contribution in [0.1, 0.15) is 11.1 Å². The Kier molecular flexibility index (Phi) is 5.18. The fourth-order valence-corrected chi connectivity index (χ4v) is 1.75. The van der Waals surface area contributed by atoms with E-state index < -0.39 is 0 Å². The minimum Gasteiger partial charge on any atom is -0.317 e. The van der Waals surface area contributed by atoms with Crippen molar-refractivity contribution in [2.75, 3.05) is 18.4 Å². The molecule has 1 rings (SSSR count). The lowest BCUT2D eigenvalue weighted by atomic mass is 10.1. The molecular weight excluding hydrogens is 224 g/mol. The van der Waals surface area contributed by atoms with Crippen molar-refractivity contribution in [3.8, 4) is 0 Å². The van der Waals surface area contributed by atoms with E-state index in [2.05, 4.69) is 18.5 Å². The van der Waals surface area contributed by atoms with E-state index in [1.165, 1.54) is 0 Å². The average molecular weight is 244 g/mol. The van der Waals surface area contributed by atoms with Crippen molar-refractivity contribution in [2.45, 2.75) is 13.8 Å². The highest BCUT2D eigenvalue weighted by Gasteiger charge is 2.12. The number of carbonyl (C=O) groups is 1. The molecule has 0 saturated heterocycles. The van der Waals surface area contributed by atoms with Crippen molar-refractivity contribution >= 4 is 11.7 Å². The van der Waals surface area contributed by atoms with Crippen molar-refractivity contribution in [1.82, 2.24) is 4.90 Å². The lowest BCUT2D eigenvalue weighted by Crippen LogP contribution is -2.35. The number of hydrogen-bond acceptors (Lipinski definition) is 1. The number of hydrogen-bond donors (Lipinski definition) is 1. The van der Waals surface area contributed by atoms with Crippen LogP contribution in [0.4, 0.5) is 10.5 Å². The van der Waals surface area contributed by atoms with E-state index in [1.807, 2.05) is 32.0 Å². The molecule has 0 aliphatic heterocycles. The van der Waals surface area contributed by atoms with Crippen LogP contribution in [0.3, 0.4) is 0 Å². The van der Waals surface area contributed by atoms with Gasteiger partial charge in [-0.15, -0.1) is 13.2 Å². The third-order valence-electron chi connectivity index (χ3n) is 2.70. The van der Waals surface area contributed by atoms with Crippen LogP contribution >= 0.6 is 0 Å². The van der Waals surface area contributed by atoms with Gasteiger partial charge in [0.25, 0.3) is 0 Å². The van der Waals surface area contributed by atoms with Crippen molar-refractivity contribution in [3.63, 3.8) is 0 Å². The van der Waals surface area contributed by atoms with Gasteiger partial charge < -0.3 is 10.2 Å². The topological polar surface area (TPSA) is 32.3 Å². The highest BCUT2D eigenvalue weighted by molar-refractivity contribution is 5.91. The quantitative estimate of drug-likeness (QED) is 0.790. The standard InChI is InChI=1S/C15H20N2O/c1-5-10-17(11-6-2)15(18)16-14-12(3)8-7-9-13(14)4/h5-9H,1-2,10-11H2,3-4H3,(H,16,18). The van der Waals surface area contributed by atoms with E-state index in [9.17, 15) is 4.79 Å². The van der Waals surface area contributed by atoms with Gasteiger partial charge in [-0.1, -0.05) is 30.4 Å². The summed E-state index contributed by atoms with van der Waals surface area (Å²) in [4.78, 5) is 13.8. The Balaban J connectivity index is 2.85. The molecule has 0 radical (unpaired) electrons. The first-order valence-corrected chi connectivity index (χ1v) is 5.94. The van der Waals surface area contributed by atoms with Crippen LogP contribution in [0, 0.1) is 13.8 Å². The maximum absolute atomic E-state index is 12.1. The summed E-state index contributed by atoms with van der Waals surface area (Å²) in [5.74, 6) is 0. The Morgan fingerprint density at radius 2 is 1.72 bits per heavy atom. The molecule has 1 aromatic carbocycles. The molecule has 0 aliphatic carbocycles. The van der Waals surface area contributed by atoms with Gasteiger partial charge in [0.2, 0.25) is 0 Å². The fourth-order valence-electron chi connectivity index (χ4n) is 1.75. The minimum absolute atomic E-state index is 0.132. The van der Waals surface area contributed by atoms with E-state index in [-0.39, 0.29) is 6.03 Å². The number of aryl methyl sites for hydroxylation is 2. The molecule has 0 aliphatic rings. The van der Waals surface area contributed by atoms with Gasteiger partial charge in [-0.05, 0) is 25.0 Å². The third kappa shape index (κ3) is 3.48. The first-order chi connectivity index (χ1) is 8.60. The molecular formula is C15H20N2O. The van der Waals surface area contributed by atoms with E-state index >= 15 is 0 Å². The number of anilines is 1. The molecule has 0 saturated carbocycles. The van der Waals surface area contributed by atoms with Crippen LogP contribution in [0.25, 0.3) is 0 Å². The van der Waals surface area contributed by atoms with Gasteiger partial charge in [-0.25, -0.2) is 4.79 Å². The zero-order chi connectivity index (χ0) is 13.5. The largest absolute Gasteiger partial charge is 0.322 e. The molecule has 0 unspecified atom stereocenters. The zero-order valence-electron chi connectivity index (χ0n) is 11.1. The Morgan fingerprint density at radius 3 is 2.17 bits per heavy atom. The van der Waals surface area contributed by atoms with Crippen molar-refractivity contribution in [2.24, 2.45) is 0 Å². The highest BCUT2D eigenvalue weighted by atomic mass is 16.2. The number of benzene rings is 1. The molecule has 0 aromatic heterocycles. The van der Waals surface area contributed by atoms with Crippen LogP contribution in [0.2, 0.25) is 0 Å². The molecule has 0 fully saturated rings. The van der Waals surface area contributed by atoms with Gasteiger partial charge >= 0.3 is 6.03 Å². The molecule has 0 heterocycles. The summed E-state index contributed by atoms with van der Waals surface area (Å²) in [6.07, 6.45) is 3.40. The lowest BCUT2D eigenvalue weighted by molar-refractivity contribution is 0.222. The van der Waals surface area contributed by atoms with Gasteiger partial charge in [0.15, 0.2) is 0 Å². The highest BCUT2D eigenvalue weighted by Crippen LogP contribution is 2.19. The zero-order valence-corrected chi connectivity index (χ0v) is 11.1. The van der Waals surface area contributed by atoms with E-state index in [4.69, 9.17) is 0 Å². The number of carbonyl (C=O) groups excluding carboxylic acids is 1. The number of nitrogens with one attached hydrogen (secondary N) is 1. The monoisotopic (exact) mass is 244 g/mol. The molecule has 0 atom stereocenters. The predicted octanol–water partition coefficient (Wildman–Crippen LogP) is 3.51. The van der Waals surface area contributed by atoms with Crippen molar-refractivity contribution < 1.29 is 4.79 Å². The number of urea groups is 1. The minimum atomic E-state index is -0.132. The molecule has 3 heteroatoms. The Bertz CT molecular complexity index is 422. The van der Waals surface area contributed by atoms with Gasteiger partial charge in [-0.3, -0.25) is 0 Å². The van der Waals surface area contributed by atoms with Gasteiger partial charge in [-0.2, -0.15) is 0 Å². The normalized spacial score (nSPS) is 9.67. The Morgan fingerprint density at radius 1 is 1.22 bits per heavy atom. The summed E-state index contributed by atoms with van der Waals surface area (Å²) in [6, 6.07) is 5.81. The maximum atomic E-state index is 12.1. The predicted molar refractivity (Wildman–Crippen MR) is 76.9 cm³/mol. The number of rotatable bonds is 5. The van der Waals surface area contributed by atoms with Gasteiger partial charge in [0, 0.05) is 18.8 Å². The second kappa shape index (κ2) is 6.64. The smallest absolute Gasteiger partial charge is 0.317 e. The second-order valence-electron chi connectivity index (χ2n) is 4.18. The molecule has 2 amide bonds. The SMILES string of the molecule is C=CCN(CC=C)C(=O)Nc1c(C)cccc1C. The molecule has 0 bridgehead atoms. The summed E-state index contributed by atoms with van der Waals surface area (Å²) < 4.78 is 0. The maximum Gasteiger partial charge on any atom is 0.322 e. The number of amides is 2. The summed E-state index contributed by atoms with van der Waals surface area (Å²) in [5, 5.41) is 2.94. The summed E-state index contributed by atoms with van der Waals surface area (Å²) in [6.45, 7) is 12.3. The lowest BCUT2D eigenvalue weighted by Gasteiger charge is -2.21. The molecule has 18 heavy (non-hydrogen) atoms. The molecule has 1 aromatic rings. The number of nitrogens with zero attached hydrogens (tertiary/aromatic N) is 1. The first kappa shape index (κ1) is 14.0. The Labute approximate surface area is 109 Å². The van der Waals surface area contributed by atoms with E-state index in [1.54, 1.807) is 17.1 Å². The Hall–Kier alpha value is -2.03. The fraction of sp³-hybridized carbons (Fsp3) is 0.267. The van der Waals surface area contributed by atoms with Crippen LogP contribution < -0.4 is 5.32 Å². The number of para-hydroxylation sites is 1. The first-order valence-electron chi connectivity index (χ1n) is 5.94. The third-order valence-corrected chi connectivity index (χ3v) is 2.70.